The zero-order chi connectivity index (χ0) is 16.9. The monoisotopic (exact) mass is 384 g/mol. The summed E-state index contributed by atoms with van der Waals surface area (Å²) in [7, 11) is 0. The molecule has 0 saturated carbocycles. The van der Waals surface area contributed by atoms with Gasteiger partial charge in [-0.05, 0) is 30.0 Å². The van der Waals surface area contributed by atoms with Crippen molar-refractivity contribution in [3.8, 4) is 0 Å². The Labute approximate surface area is 155 Å². The topological polar surface area (TPSA) is 48.5 Å². The summed E-state index contributed by atoms with van der Waals surface area (Å²) in [5, 5.41) is 5.45. The van der Waals surface area contributed by atoms with E-state index in [9.17, 15) is 4.79 Å². The van der Waals surface area contributed by atoms with Gasteiger partial charge in [0.15, 0.2) is 0 Å². The number of rotatable bonds is 4. The predicted octanol–water partition coefficient (Wildman–Crippen LogP) is 3.84. The molecule has 1 aliphatic heterocycles. The van der Waals surface area contributed by atoms with E-state index in [2.05, 4.69) is 32.7 Å². The van der Waals surface area contributed by atoms with Gasteiger partial charge in [0, 0.05) is 43.3 Å². The number of pyridine rings is 1. The van der Waals surface area contributed by atoms with Crippen molar-refractivity contribution in [2.45, 2.75) is 6.42 Å². The summed E-state index contributed by atoms with van der Waals surface area (Å²) in [4.78, 5) is 21.8. The molecule has 1 saturated heterocycles. The van der Waals surface area contributed by atoms with Gasteiger partial charge >= 0.3 is 6.03 Å². The predicted molar refractivity (Wildman–Crippen MR) is 99.3 cm³/mol. The van der Waals surface area contributed by atoms with Crippen molar-refractivity contribution in [3.05, 3.63) is 44.8 Å². The number of hydrogen-bond donors (Lipinski definition) is 1. The second kappa shape index (κ2) is 8.16. The summed E-state index contributed by atoms with van der Waals surface area (Å²) in [6.45, 7) is 4.23. The van der Waals surface area contributed by atoms with Crippen LogP contribution in [-0.4, -0.2) is 53.5 Å². The first-order valence-electron chi connectivity index (χ1n) is 7.74. The molecule has 0 bridgehead atoms. The van der Waals surface area contributed by atoms with Crippen molar-refractivity contribution in [2.75, 3.05) is 38.0 Å². The summed E-state index contributed by atoms with van der Waals surface area (Å²) in [5.41, 5.74) is 0.560. The van der Waals surface area contributed by atoms with Gasteiger partial charge in [0.1, 0.15) is 10.3 Å². The zero-order valence-corrected chi connectivity index (χ0v) is 15.4. The molecule has 1 fully saturated rings. The van der Waals surface area contributed by atoms with Crippen LogP contribution in [0, 0.1) is 0 Å². The number of halogens is 2. The van der Waals surface area contributed by atoms with Crippen molar-refractivity contribution < 1.29 is 4.79 Å². The average Bonchev–Trinajstić information content (AvgIpc) is 3.06. The molecule has 128 valence electrons. The van der Waals surface area contributed by atoms with Crippen LogP contribution in [0.1, 0.15) is 4.88 Å². The highest BCUT2D eigenvalue weighted by Gasteiger charge is 2.21. The van der Waals surface area contributed by atoms with Crippen molar-refractivity contribution in [1.82, 2.24) is 14.8 Å². The highest BCUT2D eigenvalue weighted by Crippen LogP contribution is 2.19. The van der Waals surface area contributed by atoms with Gasteiger partial charge in [-0.3, -0.25) is 4.90 Å². The Kier molecular flexibility index (Phi) is 5.94. The van der Waals surface area contributed by atoms with Crippen LogP contribution in [0.25, 0.3) is 0 Å². The van der Waals surface area contributed by atoms with E-state index in [1.807, 2.05) is 4.90 Å². The number of carbonyl (C=O) groups is 1. The first-order valence-corrected chi connectivity index (χ1v) is 9.37. The number of hydrogen-bond acceptors (Lipinski definition) is 4. The van der Waals surface area contributed by atoms with E-state index < -0.39 is 0 Å². The van der Waals surface area contributed by atoms with Crippen LogP contribution in [0.4, 0.5) is 10.5 Å². The molecule has 2 aromatic rings. The highest BCUT2D eigenvalue weighted by atomic mass is 35.5. The fraction of sp³-hybridized carbons (Fsp3) is 0.375. The molecule has 2 aromatic heterocycles. The van der Waals surface area contributed by atoms with Crippen molar-refractivity contribution >= 4 is 46.3 Å². The van der Waals surface area contributed by atoms with Gasteiger partial charge in [-0.15, -0.1) is 11.3 Å². The number of aromatic nitrogens is 1. The van der Waals surface area contributed by atoms with E-state index in [0.717, 1.165) is 26.1 Å². The van der Waals surface area contributed by atoms with Gasteiger partial charge in [-0.1, -0.05) is 29.3 Å². The normalized spacial score (nSPS) is 15.5. The Bertz CT molecular complexity index is 667. The average molecular weight is 385 g/mol. The number of urea groups is 1. The standard InChI is InChI=1S/C16H18Cl2N4OS/c17-14-10-12(11-15(18)20-14)19-16(23)22-7-5-21(6-8-22)4-3-13-2-1-9-24-13/h1-2,9-11H,3-8H2,(H,19,20,23). The van der Waals surface area contributed by atoms with Crippen LogP contribution in [0.3, 0.4) is 0 Å². The van der Waals surface area contributed by atoms with Crippen LogP contribution in [0.5, 0.6) is 0 Å². The molecule has 1 N–H and O–H groups in total. The van der Waals surface area contributed by atoms with Crippen molar-refractivity contribution in [3.63, 3.8) is 0 Å². The van der Waals surface area contributed by atoms with E-state index in [0.29, 0.717) is 18.8 Å². The molecule has 3 heterocycles. The molecule has 3 rings (SSSR count). The Morgan fingerprint density at radius 2 is 1.92 bits per heavy atom. The smallest absolute Gasteiger partial charge is 0.321 e. The number of amides is 2. The Morgan fingerprint density at radius 1 is 1.21 bits per heavy atom. The Balaban J connectivity index is 1.46. The van der Waals surface area contributed by atoms with Crippen LogP contribution < -0.4 is 5.32 Å². The number of nitrogens with one attached hydrogen (secondary N) is 1. The SMILES string of the molecule is O=C(Nc1cc(Cl)nc(Cl)c1)N1CCN(CCc2cccs2)CC1. The molecule has 0 aliphatic carbocycles. The third-order valence-corrected chi connectivity index (χ3v) is 5.25. The quantitative estimate of drug-likeness (QED) is 0.814. The lowest BCUT2D eigenvalue weighted by atomic mass is 10.2. The molecule has 5 nitrogen and oxygen atoms in total. The Morgan fingerprint density at radius 3 is 2.54 bits per heavy atom. The van der Waals surface area contributed by atoms with Crippen LogP contribution in [-0.2, 0) is 6.42 Å². The van der Waals surface area contributed by atoms with Crippen LogP contribution in [0.2, 0.25) is 10.3 Å². The molecule has 24 heavy (non-hydrogen) atoms. The van der Waals surface area contributed by atoms with Gasteiger partial charge in [0.2, 0.25) is 0 Å². The molecule has 0 unspecified atom stereocenters. The van der Waals surface area contributed by atoms with Crippen LogP contribution in [0.15, 0.2) is 29.6 Å². The maximum absolute atomic E-state index is 12.3. The van der Waals surface area contributed by atoms with Gasteiger partial charge in [0.05, 0.1) is 0 Å². The zero-order valence-electron chi connectivity index (χ0n) is 13.0. The van der Waals surface area contributed by atoms with Gasteiger partial charge in [-0.2, -0.15) is 0 Å². The largest absolute Gasteiger partial charge is 0.322 e. The van der Waals surface area contributed by atoms with Crippen molar-refractivity contribution in [2.24, 2.45) is 0 Å². The fourth-order valence-electron chi connectivity index (χ4n) is 2.64. The second-order valence-electron chi connectivity index (χ2n) is 5.59. The van der Waals surface area contributed by atoms with Crippen LogP contribution >= 0.6 is 34.5 Å². The molecule has 2 amide bonds. The second-order valence-corrected chi connectivity index (χ2v) is 7.40. The lowest BCUT2D eigenvalue weighted by Crippen LogP contribution is -2.50. The lowest BCUT2D eigenvalue weighted by molar-refractivity contribution is 0.148. The van der Waals surface area contributed by atoms with Gasteiger partial charge in [0.25, 0.3) is 0 Å². The van der Waals surface area contributed by atoms with E-state index in [1.54, 1.807) is 23.5 Å². The molecular formula is C16H18Cl2N4OS. The van der Waals surface area contributed by atoms with E-state index in [4.69, 9.17) is 23.2 Å². The minimum Gasteiger partial charge on any atom is -0.322 e. The molecule has 8 heteroatoms. The molecule has 0 radical (unpaired) electrons. The summed E-state index contributed by atoms with van der Waals surface area (Å²) in [6.07, 6.45) is 1.07. The van der Waals surface area contributed by atoms with Crippen molar-refractivity contribution in [1.29, 1.82) is 0 Å². The molecular weight excluding hydrogens is 367 g/mol. The molecule has 0 atom stereocenters. The highest BCUT2D eigenvalue weighted by molar-refractivity contribution is 7.09. The summed E-state index contributed by atoms with van der Waals surface area (Å²) < 4.78 is 0. The summed E-state index contributed by atoms with van der Waals surface area (Å²) in [6, 6.07) is 7.29. The fourth-order valence-corrected chi connectivity index (χ4v) is 3.80. The summed E-state index contributed by atoms with van der Waals surface area (Å²) in [5.74, 6) is 0. The maximum Gasteiger partial charge on any atom is 0.321 e. The molecule has 0 aromatic carbocycles. The van der Waals surface area contributed by atoms with E-state index >= 15 is 0 Å². The minimum absolute atomic E-state index is 0.133. The van der Waals surface area contributed by atoms with E-state index in [-0.39, 0.29) is 16.3 Å². The van der Waals surface area contributed by atoms with E-state index in [1.165, 1.54) is 4.88 Å². The minimum atomic E-state index is -0.133. The third-order valence-electron chi connectivity index (χ3n) is 3.93. The number of carbonyl (C=O) groups excluding carboxylic acids is 1. The maximum atomic E-state index is 12.3. The van der Waals surface area contributed by atoms with Gasteiger partial charge in [-0.25, -0.2) is 9.78 Å². The van der Waals surface area contributed by atoms with Gasteiger partial charge < -0.3 is 10.2 Å². The number of thiophene rings is 1. The Hall–Kier alpha value is -1.34. The molecule has 0 spiro atoms. The third kappa shape index (κ3) is 4.83. The number of nitrogens with zero attached hydrogens (tertiary/aromatic N) is 3. The summed E-state index contributed by atoms with van der Waals surface area (Å²) >= 11 is 13.5. The first kappa shape index (κ1) is 17.5. The lowest BCUT2D eigenvalue weighted by Gasteiger charge is -2.34. The first-order chi connectivity index (χ1) is 11.6. The number of anilines is 1. The molecule has 1 aliphatic rings. The number of piperazine rings is 1.